The third kappa shape index (κ3) is 3.52. The lowest BCUT2D eigenvalue weighted by atomic mass is 10.0. The second-order valence-electron chi connectivity index (χ2n) is 3.41. The van der Waals surface area contributed by atoms with E-state index in [1.54, 1.807) is 6.07 Å². The van der Waals surface area contributed by atoms with Crippen LogP contribution in [0.1, 0.15) is 17.2 Å². The quantitative estimate of drug-likeness (QED) is 0.652. The lowest BCUT2D eigenvalue weighted by Crippen LogP contribution is -2.12. The van der Waals surface area contributed by atoms with Crippen molar-refractivity contribution in [2.45, 2.75) is 11.7 Å². The molecule has 0 radical (unpaired) electrons. The number of hydrogen-bond acceptors (Lipinski definition) is 4. The van der Waals surface area contributed by atoms with Crippen molar-refractivity contribution in [3.05, 3.63) is 23.8 Å². The monoisotopic (exact) mass is 268 g/mol. The van der Waals surface area contributed by atoms with Crippen molar-refractivity contribution in [1.82, 2.24) is 0 Å². The average Bonchev–Trinajstić information content (AvgIpc) is 2.39. The Morgan fingerprint density at radius 3 is 2.94 bits per heavy atom. The van der Waals surface area contributed by atoms with Gasteiger partial charge < -0.3 is 9.84 Å². The largest absolute Gasteiger partial charge is 0.507 e. The van der Waals surface area contributed by atoms with Gasteiger partial charge in [-0.2, -0.15) is 24.4 Å². The van der Waals surface area contributed by atoms with E-state index in [4.69, 9.17) is 4.74 Å². The zero-order valence-corrected chi connectivity index (χ0v) is 11.2. The zero-order valence-electron chi connectivity index (χ0n) is 9.50. The molecule has 0 fully saturated rings. The lowest BCUT2D eigenvalue weighted by Gasteiger charge is -2.26. The molecule has 1 atom stereocenters. The minimum absolute atomic E-state index is 0.349. The van der Waals surface area contributed by atoms with Crippen LogP contribution in [0, 0.1) is 12.8 Å². The molecule has 0 amide bonds. The zero-order chi connectivity index (χ0) is 12.7. The standard InChI is InChI=1S/C11H14O2S2.C2H2/c12-8-2-1-3-9-11(8)10(4-5-13-9)15-7-6-14;1-2/h1-3,10,12,14H,4-7H2;1-2H/t10-;/m1./s1. The predicted molar refractivity (Wildman–Crippen MR) is 77.2 cm³/mol. The molecule has 0 spiro atoms. The van der Waals surface area contributed by atoms with E-state index in [1.165, 1.54) is 0 Å². The summed E-state index contributed by atoms with van der Waals surface area (Å²) < 4.78 is 5.52. The molecular weight excluding hydrogens is 252 g/mol. The van der Waals surface area contributed by atoms with Gasteiger partial charge >= 0.3 is 0 Å². The molecule has 0 saturated heterocycles. The van der Waals surface area contributed by atoms with E-state index in [0.29, 0.717) is 11.0 Å². The third-order valence-corrected chi connectivity index (χ3v) is 4.25. The van der Waals surface area contributed by atoms with Crippen LogP contribution >= 0.6 is 24.4 Å². The van der Waals surface area contributed by atoms with Crippen molar-refractivity contribution in [2.75, 3.05) is 18.1 Å². The molecule has 2 nitrogen and oxygen atoms in total. The first-order valence-corrected chi connectivity index (χ1v) is 7.01. The van der Waals surface area contributed by atoms with Crippen LogP contribution in [-0.4, -0.2) is 23.2 Å². The van der Waals surface area contributed by atoms with Crippen LogP contribution in [0.3, 0.4) is 0 Å². The van der Waals surface area contributed by atoms with E-state index in [-0.39, 0.29) is 0 Å². The van der Waals surface area contributed by atoms with Crippen LogP contribution in [0.15, 0.2) is 18.2 Å². The smallest absolute Gasteiger partial charge is 0.127 e. The first-order valence-electron chi connectivity index (χ1n) is 5.33. The van der Waals surface area contributed by atoms with Gasteiger partial charge in [0.15, 0.2) is 0 Å². The maximum absolute atomic E-state index is 9.81. The molecule has 1 N–H and O–H groups in total. The number of thioether (sulfide) groups is 1. The Kier molecular flexibility index (Phi) is 6.17. The predicted octanol–water partition coefficient (Wildman–Crippen LogP) is 3.13. The Labute approximate surface area is 112 Å². The highest BCUT2D eigenvalue weighted by molar-refractivity contribution is 8.00. The van der Waals surface area contributed by atoms with Gasteiger partial charge in [-0.3, -0.25) is 0 Å². The number of rotatable bonds is 3. The van der Waals surface area contributed by atoms with Crippen LogP contribution < -0.4 is 4.74 Å². The maximum Gasteiger partial charge on any atom is 0.127 e. The molecule has 92 valence electrons. The van der Waals surface area contributed by atoms with Crippen LogP contribution in [0.25, 0.3) is 0 Å². The molecule has 17 heavy (non-hydrogen) atoms. The third-order valence-electron chi connectivity index (χ3n) is 2.41. The van der Waals surface area contributed by atoms with Gasteiger partial charge in [0.05, 0.1) is 6.61 Å². The van der Waals surface area contributed by atoms with E-state index < -0.39 is 0 Å². The maximum atomic E-state index is 9.81. The number of benzene rings is 1. The van der Waals surface area contributed by atoms with E-state index in [1.807, 2.05) is 23.9 Å². The summed E-state index contributed by atoms with van der Waals surface area (Å²) in [4.78, 5) is 0. The summed E-state index contributed by atoms with van der Waals surface area (Å²) in [6.45, 7) is 0.737. The van der Waals surface area contributed by atoms with Crippen molar-refractivity contribution in [3.8, 4) is 24.3 Å². The molecule has 0 aliphatic carbocycles. The fourth-order valence-electron chi connectivity index (χ4n) is 1.76. The molecule has 1 aromatic rings. The van der Waals surface area contributed by atoms with Crippen LogP contribution in [0.4, 0.5) is 0 Å². The summed E-state index contributed by atoms with van der Waals surface area (Å²) in [5.74, 6) is 3.05. The number of phenols is 1. The molecule has 0 unspecified atom stereocenters. The number of terminal acetylenes is 1. The molecule has 1 aliphatic rings. The SMILES string of the molecule is C#C.Oc1cccc2c1[C@H](SCCS)CCO2. The first-order chi connectivity index (χ1) is 8.33. The highest BCUT2D eigenvalue weighted by Crippen LogP contribution is 2.45. The van der Waals surface area contributed by atoms with Crippen LogP contribution in [0.2, 0.25) is 0 Å². The van der Waals surface area contributed by atoms with Gasteiger partial charge in [-0.05, 0) is 24.3 Å². The molecule has 0 saturated carbocycles. The van der Waals surface area contributed by atoms with Crippen molar-refractivity contribution >= 4 is 24.4 Å². The van der Waals surface area contributed by atoms with Gasteiger partial charge in [0, 0.05) is 16.6 Å². The number of fused-ring (bicyclic) bond motifs is 1. The van der Waals surface area contributed by atoms with E-state index >= 15 is 0 Å². The summed E-state index contributed by atoms with van der Waals surface area (Å²) in [6.07, 6.45) is 8.96. The molecule has 2 rings (SSSR count). The molecule has 1 heterocycles. The van der Waals surface area contributed by atoms with Gasteiger partial charge in [0.1, 0.15) is 11.5 Å². The van der Waals surface area contributed by atoms with E-state index in [0.717, 1.165) is 35.8 Å². The molecule has 0 aromatic heterocycles. The summed E-state index contributed by atoms with van der Waals surface area (Å²) in [6, 6.07) is 5.46. The molecule has 1 aliphatic heterocycles. The Morgan fingerprint density at radius 1 is 1.47 bits per heavy atom. The van der Waals surface area contributed by atoms with Crippen LogP contribution in [0.5, 0.6) is 11.5 Å². The molecule has 0 bridgehead atoms. The van der Waals surface area contributed by atoms with Crippen molar-refractivity contribution in [1.29, 1.82) is 0 Å². The fourth-order valence-corrected chi connectivity index (χ4v) is 3.14. The number of phenolic OH excluding ortho intramolecular Hbond substituents is 1. The lowest BCUT2D eigenvalue weighted by molar-refractivity contribution is 0.282. The van der Waals surface area contributed by atoms with Crippen molar-refractivity contribution in [3.63, 3.8) is 0 Å². The summed E-state index contributed by atoms with van der Waals surface area (Å²) in [7, 11) is 0. The number of thiol groups is 1. The Morgan fingerprint density at radius 2 is 2.24 bits per heavy atom. The van der Waals surface area contributed by atoms with Gasteiger partial charge in [-0.1, -0.05) is 6.07 Å². The summed E-state index contributed by atoms with van der Waals surface area (Å²) in [5.41, 5.74) is 0.954. The second kappa shape index (κ2) is 7.41. The minimum atomic E-state index is 0.349. The summed E-state index contributed by atoms with van der Waals surface area (Å²) >= 11 is 6.04. The number of aromatic hydroxyl groups is 1. The second-order valence-corrected chi connectivity index (χ2v) is 5.17. The molecular formula is C13H16O2S2. The van der Waals surface area contributed by atoms with E-state index in [2.05, 4.69) is 25.5 Å². The topological polar surface area (TPSA) is 29.5 Å². The average molecular weight is 268 g/mol. The first kappa shape index (κ1) is 14.1. The summed E-state index contributed by atoms with van der Waals surface area (Å²) in [5, 5.41) is 10.2. The van der Waals surface area contributed by atoms with Crippen LogP contribution in [-0.2, 0) is 0 Å². The molecule has 4 heteroatoms. The highest BCUT2D eigenvalue weighted by atomic mass is 32.2. The van der Waals surface area contributed by atoms with Gasteiger partial charge in [-0.15, -0.1) is 12.8 Å². The Hall–Kier alpha value is -0.920. The Balaban J connectivity index is 0.000000686. The van der Waals surface area contributed by atoms with Crippen molar-refractivity contribution in [2.24, 2.45) is 0 Å². The van der Waals surface area contributed by atoms with Crippen molar-refractivity contribution < 1.29 is 9.84 Å². The van der Waals surface area contributed by atoms with Gasteiger partial charge in [0.2, 0.25) is 0 Å². The normalized spacial score (nSPS) is 17.2. The number of ether oxygens (including phenoxy) is 1. The van der Waals surface area contributed by atoms with E-state index in [9.17, 15) is 5.11 Å². The Bertz CT molecular complexity index is 377. The molecule has 1 aromatic carbocycles. The van der Waals surface area contributed by atoms with Gasteiger partial charge in [-0.25, -0.2) is 0 Å². The minimum Gasteiger partial charge on any atom is -0.507 e. The van der Waals surface area contributed by atoms with Gasteiger partial charge in [0.25, 0.3) is 0 Å². The number of hydrogen-bond donors (Lipinski definition) is 2. The highest BCUT2D eigenvalue weighted by Gasteiger charge is 2.24. The fraction of sp³-hybridized carbons (Fsp3) is 0.385.